The van der Waals surface area contributed by atoms with Gasteiger partial charge in [0, 0.05) is 0 Å². The van der Waals surface area contributed by atoms with E-state index in [1.54, 1.807) is 0 Å². The summed E-state index contributed by atoms with van der Waals surface area (Å²) in [6, 6.07) is 0. The Balaban J connectivity index is 0. The van der Waals surface area contributed by atoms with E-state index in [2.05, 4.69) is 11.8 Å². The fourth-order valence-electron chi connectivity index (χ4n) is 0.203. The molecule has 50 valence electrons. The third-order valence-electron chi connectivity index (χ3n) is 0.454. The van der Waals surface area contributed by atoms with Crippen molar-refractivity contribution in [2.24, 2.45) is 0 Å². The predicted octanol–water partition coefficient (Wildman–Crippen LogP) is 0.0722. The van der Waals surface area contributed by atoms with E-state index in [4.69, 9.17) is 0 Å². The molecule has 0 aliphatic rings. The van der Waals surface area contributed by atoms with Gasteiger partial charge >= 0.3 is 19.5 Å². The first-order chi connectivity index (χ1) is 3.56. The Hall–Kier alpha value is 1.54. The van der Waals surface area contributed by atoms with Crippen molar-refractivity contribution in [1.29, 1.82) is 0 Å². The van der Waals surface area contributed by atoms with Crippen molar-refractivity contribution < 1.29 is 29.3 Å². The summed E-state index contributed by atoms with van der Waals surface area (Å²) in [6.45, 7) is 1.91. The molecule has 0 saturated heterocycles. The van der Waals surface area contributed by atoms with Crippen LogP contribution in [0.2, 0.25) is 0 Å². The second kappa shape index (κ2) is 6.27. The van der Waals surface area contributed by atoms with Gasteiger partial charge < -0.3 is 9.79 Å². The zero-order chi connectivity index (χ0) is 6.62. The maximum Gasteiger partial charge on any atom is 2.00 e. The second-order valence-electron chi connectivity index (χ2n) is 1.28. The van der Waals surface area contributed by atoms with E-state index < -0.39 is 5.69 Å². The zero-order valence-corrected chi connectivity index (χ0v) is 10.7. The Labute approximate surface area is 77.1 Å². The molecule has 0 fully saturated rings. The van der Waals surface area contributed by atoms with Gasteiger partial charge in [0.25, 0.3) is 0 Å². The van der Waals surface area contributed by atoms with Crippen molar-refractivity contribution in [2.45, 2.75) is 13.3 Å². The molecule has 0 spiro atoms. The van der Waals surface area contributed by atoms with Crippen LogP contribution in [0.5, 0.6) is 0 Å². The van der Waals surface area contributed by atoms with Crippen LogP contribution in [-0.4, -0.2) is 5.75 Å². The van der Waals surface area contributed by atoms with Gasteiger partial charge in [-0.3, -0.25) is 0 Å². The number of hydrogen-bond acceptors (Lipinski definition) is 4. The van der Waals surface area contributed by atoms with Gasteiger partial charge in [-0.2, -0.15) is 17.1 Å². The summed E-state index contributed by atoms with van der Waals surface area (Å²) in [6.07, 6.45) is 0.855. The Bertz CT molecular complexity index is 104. The number of rotatable bonds is 3. The van der Waals surface area contributed by atoms with Crippen LogP contribution in [0.15, 0.2) is 0 Å². The van der Waals surface area contributed by atoms with Crippen LogP contribution in [0.1, 0.15) is 13.3 Å². The minimum atomic E-state index is -3.43. The van der Waals surface area contributed by atoms with Crippen LogP contribution in [-0.2, 0) is 31.3 Å². The van der Waals surface area contributed by atoms with E-state index in [0.29, 0.717) is 5.75 Å². The van der Waals surface area contributed by atoms with Gasteiger partial charge in [-0.05, 0) is 12.2 Å². The summed E-state index contributed by atoms with van der Waals surface area (Å²) in [4.78, 5) is 20.4. The molecular formula is C3H7O2PS2Zn. The molecule has 9 heavy (non-hydrogen) atoms. The molecule has 0 aliphatic heterocycles. The van der Waals surface area contributed by atoms with Crippen molar-refractivity contribution in [3.63, 3.8) is 0 Å². The fraction of sp³-hybridized carbons (Fsp3) is 1.00. The topological polar surface area (TPSA) is 46.1 Å². The van der Waals surface area contributed by atoms with Gasteiger partial charge in [0.2, 0.25) is 0 Å². The molecule has 0 N–H and O–H groups in total. The van der Waals surface area contributed by atoms with Crippen LogP contribution in [0, 0.1) is 0 Å². The Morgan fingerprint density at radius 3 is 2.11 bits per heavy atom. The molecule has 0 aromatic rings. The second-order valence-corrected chi connectivity index (χ2v) is 7.19. The molecule has 0 radical (unpaired) electrons. The molecule has 0 unspecified atom stereocenters. The van der Waals surface area contributed by atoms with Crippen LogP contribution in [0.3, 0.4) is 0 Å². The van der Waals surface area contributed by atoms with Gasteiger partial charge in [-0.25, -0.2) is 0 Å². The van der Waals surface area contributed by atoms with E-state index in [9.17, 15) is 9.79 Å². The molecule has 6 heteroatoms. The third-order valence-corrected chi connectivity index (χ3v) is 3.81. The van der Waals surface area contributed by atoms with E-state index in [-0.39, 0.29) is 19.5 Å². The maximum atomic E-state index is 10.2. The molecule has 0 aliphatic carbocycles. The molecule has 0 aromatic carbocycles. The van der Waals surface area contributed by atoms with Crippen molar-refractivity contribution in [2.75, 3.05) is 5.75 Å². The van der Waals surface area contributed by atoms with Crippen molar-refractivity contribution >= 4 is 28.9 Å². The number of hydrogen-bond donors (Lipinski definition) is 0. The molecule has 0 rings (SSSR count). The Morgan fingerprint density at radius 1 is 1.56 bits per heavy atom. The summed E-state index contributed by atoms with van der Waals surface area (Å²) in [7, 11) is 0. The summed E-state index contributed by atoms with van der Waals surface area (Å²) >= 11 is 4.96. The predicted molar refractivity (Wildman–Crippen MR) is 37.0 cm³/mol. The largest absolute Gasteiger partial charge is 2.00 e. The first-order valence-corrected chi connectivity index (χ1v) is 6.45. The molecule has 0 bridgehead atoms. The van der Waals surface area contributed by atoms with Crippen molar-refractivity contribution in [3.05, 3.63) is 0 Å². The first-order valence-electron chi connectivity index (χ1n) is 2.23. The zero-order valence-electron chi connectivity index (χ0n) is 5.20. The standard InChI is InChI=1S/C3H9O2PS2.Zn/c1-2-3-8-6(4,5)7;/h2-3H2,1H3,(H2,4,5,7);/q;+2/p-2. The normalized spacial score (nSPS) is 10.6. The van der Waals surface area contributed by atoms with E-state index in [1.807, 2.05) is 6.92 Å². The summed E-state index contributed by atoms with van der Waals surface area (Å²) in [5.41, 5.74) is -3.43. The fourth-order valence-corrected chi connectivity index (χ4v) is 2.50. The minimum Gasteiger partial charge on any atom is -0.825 e. The summed E-state index contributed by atoms with van der Waals surface area (Å²) in [5, 5.41) is 0. The minimum absolute atomic E-state index is 0. The average molecular weight is 236 g/mol. The van der Waals surface area contributed by atoms with E-state index in [1.165, 1.54) is 0 Å². The van der Waals surface area contributed by atoms with Gasteiger partial charge in [0.05, 0.1) is 0 Å². The smallest absolute Gasteiger partial charge is 0.825 e. The van der Waals surface area contributed by atoms with Crippen molar-refractivity contribution in [1.82, 2.24) is 0 Å². The molecule has 0 saturated carbocycles. The molecule has 0 heterocycles. The van der Waals surface area contributed by atoms with Gasteiger partial charge in [-0.1, -0.05) is 6.92 Å². The van der Waals surface area contributed by atoms with Crippen LogP contribution in [0.25, 0.3) is 0 Å². The maximum absolute atomic E-state index is 10.2. The molecule has 0 atom stereocenters. The van der Waals surface area contributed by atoms with Gasteiger partial charge in [0.1, 0.15) is 0 Å². The molecular weight excluding hydrogens is 229 g/mol. The van der Waals surface area contributed by atoms with Crippen LogP contribution >= 0.6 is 17.1 Å². The Morgan fingerprint density at radius 2 is 2.00 bits per heavy atom. The van der Waals surface area contributed by atoms with Gasteiger partial charge in [-0.15, -0.1) is 11.8 Å². The summed E-state index contributed by atoms with van der Waals surface area (Å²) < 4.78 is 0. The third kappa shape index (κ3) is 12.7. The quantitative estimate of drug-likeness (QED) is 0.513. The SMILES string of the molecule is CCCSP([O-])([O-])=S.[Zn+2]. The average Bonchev–Trinajstić information content (AvgIpc) is 1.59. The molecule has 0 amide bonds. The van der Waals surface area contributed by atoms with E-state index >= 15 is 0 Å². The van der Waals surface area contributed by atoms with Crippen LogP contribution < -0.4 is 9.79 Å². The molecule has 2 nitrogen and oxygen atoms in total. The van der Waals surface area contributed by atoms with Crippen LogP contribution in [0.4, 0.5) is 0 Å². The van der Waals surface area contributed by atoms with Gasteiger partial charge in [0.15, 0.2) is 0 Å². The first kappa shape index (κ1) is 13.2. The monoisotopic (exact) mass is 234 g/mol. The Kier molecular flexibility index (Phi) is 9.16. The van der Waals surface area contributed by atoms with E-state index in [0.717, 1.165) is 17.8 Å². The summed E-state index contributed by atoms with van der Waals surface area (Å²) in [5.74, 6) is 0.615. The molecule has 0 aromatic heterocycles. The van der Waals surface area contributed by atoms with Crippen molar-refractivity contribution in [3.8, 4) is 0 Å².